The van der Waals surface area contributed by atoms with Crippen LogP contribution in [0.5, 0.6) is 0 Å². The van der Waals surface area contributed by atoms with Crippen molar-refractivity contribution in [3.05, 3.63) is 54.3 Å². The molecule has 0 radical (unpaired) electrons. The number of para-hydroxylation sites is 1. The fraction of sp³-hybridized carbons (Fsp3) is 0.391. The zero-order valence-electron chi connectivity index (χ0n) is 16.0. The molecule has 1 N–H and O–H groups in total. The van der Waals surface area contributed by atoms with E-state index in [9.17, 15) is 4.79 Å². The fourth-order valence-electron chi connectivity index (χ4n) is 3.29. The molecule has 0 fully saturated rings. The first-order valence-corrected chi connectivity index (χ1v) is 10.0. The highest BCUT2D eigenvalue weighted by Crippen LogP contribution is 2.25. The minimum absolute atomic E-state index is 0.0487. The van der Waals surface area contributed by atoms with E-state index in [-0.39, 0.29) is 5.91 Å². The molecule has 0 unspecified atom stereocenters. The Hall–Kier alpha value is -2.62. The molecule has 4 heteroatoms. The molecular weight excluding hydrogens is 336 g/mol. The molecule has 0 atom stereocenters. The molecule has 1 amide bonds. The molecule has 3 rings (SSSR count). The number of carbonyl (C=O) groups excluding carboxylic acids is 1. The van der Waals surface area contributed by atoms with Gasteiger partial charge in [-0.25, -0.2) is 4.98 Å². The van der Waals surface area contributed by atoms with Gasteiger partial charge in [-0.1, -0.05) is 63.6 Å². The van der Waals surface area contributed by atoms with Crippen molar-refractivity contribution in [2.45, 2.75) is 51.9 Å². The number of unbranched alkanes of at least 4 members (excludes halogenated alkanes) is 6. The van der Waals surface area contributed by atoms with Gasteiger partial charge in [-0.2, -0.15) is 0 Å². The van der Waals surface area contributed by atoms with Gasteiger partial charge in [0.1, 0.15) is 5.69 Å². The minimum atomic E-state index is -0.0487. The van der Waals surface area contributed by atoms with Crippen LogP contribution in [0.1, 0.15) is 62.2 Å². The number of amides is 1. The van der Waals surface area contributed by atoms with Gasteiger partial charge in [0, 0.05) is 11.9 Å². The molecule has 0 aliphatic rings. The van der Waals surface area contributed by atoms with E-state index in [0.29, 0.717) is 23.6 Å². The number of hydrogen-bond donors (Lipinski definition) is 1. The second-order valence-electron chi connectivity index (χ2n) is 6.93. The summed E-state index contributed by atoms with van der Waals surface area (Å²) in [5.74, 6) is 0.620. The molecule has 2 heterocycles. The second-order valence-corrected chi connectivity index (χ2v) is 6.93. The number of pyridine rings is 1. The molecule has 4 nitrogen and oxygen atoms in total. The van der Waals surface area contributed by atoms with Crippen LogP contribution >= 0.6 is 0 Å². The number of fused-ring (bicyclic) bond motifs is 1. The minimum Gasteiger partial charge on any atom is -0.463 e. The highest BCUT2D eigenvalue weighted by atomic mass is 16.3. The lowest BCUT2D eigenvalue weighted by atomic mass is 10.1. The van der Waals surface area contributed by atoms with Crippen molar-refractivity contribution in [1.82, 2.24) is 10.3 Å². The van der Waals surface area contributed by atoms with Gasteiger partial charge < -0.3 is 9.73 Å². The highest BCUT2D eigenvalue weighted by Gasteiger charge is 2.14. The quantitative estimate of drug-likeness (QED) is 0.451. The van der Waals surface area contributed by atoms with Gasteiger partial charge in [-0.15, -0.1) is 0 Å². The third kappa shape index (κ3) is 5.19. The molecule has 0 saturated carbocycles. The Kier molecular flexibility index (Phi) is 7.03. The van der Waals surface area contributed by atoms with E-state index in [2.05, 4.69) is 17.2 Å². The van der Waals surface area contributed by atoms with Crippen LogP contribution in [0.2, 0.25) is 0 Å². The SMILES string of the molecule is CCCCCCCCCNC(=O)c1cc(-c2ccco2)nc2ccccc12. The van der Waals surface area contributed by atoms with Crippen molar-refractivity contribution in [1.29, 1.82) is 0 Å². The number of carbonyl (C=O) groups is 1. The van der Waals surface area contributed by atoms with E-state index in [1.54, 1.807) is 6.26 Å². The first-order chi connectivity index (χ1) is 13.3. The topological polar surface area (TPSA) is 55.1 Å². The summed E-state index contributed by atoms with van der Waals surface area (Å²) >= 11 is 0. The third-order valence-electron chi connectivity index (χ3n) is 4.80. The van der Waals surface area contributed by atoms with Gasteiger partial charge in [-0.3, -0.25) is 4.79 Å². The van der Waals surface area contributed by atoms with Crippen molar-refractivity contribution in [2.75, 3.05) is 6.54 Å². The number of furan rings is 1. The molecule has 0 spiro atoms. The second kappa shape index (κ2) is 9.91. The fourth-order valence-corrected chi connectivity index (χ4v) is 3.29. The third-order valence-corrected chi connectivity index (χ3v) is 4.80. The van der Waals surface area contributed by atoms with Gasteiger partial charge in [0.2, 0.25) is 0 Å². The Morgan fingerprint density at radius 2 is 1.78 bits per heavy atom. The number of aromatic nitrogens is 1. The summed E-state index contributed by atoms with van der Waals surface area (Å²) in [6.07, 6.45) is 10.3. The maximum atomic E-state index is 12.8. The Balaban J connectivity index is 1.63. The standard InChI is InChI=1S/C23H28N2O2/c1-2-3-4-5-6-7-10-15-24-23(26)19-17-21(22-14-11-16-27-22)25-20-13-9-8-12-18(19)20/h8-9,11-14,16-17H,2-7,10,15H2,1H3,(H,24,26). The summed E-state index contributed by atoms with van der Waals surface area (Å²) in [5, 5.41) is 3.93. The Labute approximate surface area is 161 Å². The van der Waals surface area contributed by atoms with Crippen LogP contribution < -0.4 is 5.32 Å². The summed E-state index contributed by atoms with van der Waals surface area (Å²) in [6, 6.07) is 13.2. The van der Waals surface area contributed by atoms with E-state index >= 15 is 0 Å². The van der Waals surface area contributed by atoms with Gasteiger partial charge in [0.05, 0.1) is 17.3 Å². The summed E-state index contributed by atoms with van der Waals surface area (Å²) in [7, 11) is 0. The number of nitrogens with one attached hydrogen (secondary N) is 1. The van der Waals surface area contributed by atoms with E-state index in [0.717, 1.165) is 17.3 Å². The summed E-state index contributed by atoms with van der Waals surface area (Å²) in [5.41, 5.74) is 2.13. The summed E-state index contributed by atoms with van der Waals surface area (Å²) < 4.78 is 5.46. The maximum Gasteiger partial charge on any atom is 0.252 e. The Morgan fingerprint density at radius 3 is 2.56 bits per heavy atom. The smallest absolute Gasteiger partial charge is 0.252 e. The average Bonchev–Trinajstić information content (AvgIpc) is 3.24. The number of rotatable bonds is 10. The van der Waals surface area contributed by atoms with E-state index < -0.39 is 0 Å². The monoisotopic (exact) mass is 364 g/mol. The van der Waals surface area contributed by atoms with Crippen LogP contribution in [-0.4, -0.2) is 17.4 Å². The maximum absolute atomic E-state index is 12.8. The van der Waals surface area contributed by atoms with Crippen LogP contribution in [0.3, 0.4) is 0 Å². The largest absolute Gasteiger partial charge is 0.463 e. The zero-order chi connectivity index (χ0) is 18.9. The Bertz CT molecular complexity index is 856. The first-order valence-electron chi connectivity index (χ1n) is 10.0. The molecule has 3 aromatic rings. The molecule has 0 aliphatic carbocycles. The number of hydrogen-bond acceptors (Lipinski definition) is 3. The average molecular weight is 364 g/mol. The zero-order valence-corrected chi connectivity index (χ0v) is 16.0. The van der Waals surface area contributed by atoms with Crippen molar-refractivity contribution >= 4 is 16.8 Å². The lowest BCUT2D eigenvalue weighted by molar-refractivity contribution is 0.0954. The lowest BCUT2D eigenvalue weighted by Gasteiger charge is -2.10. The van der Waals surface area contributed by atoms with Gasteiger partial charge in [-0.05, 0) is 30.7 Å². The van der Waals surface area contributed by atoms with Gasteiger partial charge in [0.15, 0.2) is 5.76 Å². The highest BCUT2D eigenvalue weighted by molar-refractivity contribution is 6.07. The summed E-state index contributed by atoms with van der Waals surface area (Å²) in [6.45, 7) is 2.94. The molecule has 142 valence electrons. The molecular formula is C23H28N2O2. The van der Waals surface area contributed by atoms with Crippen molar-refractivity contribution in [3.63, 3.8) is 0 Å². The van der Waals surface area contributed by atoms with E-state index in [4.69, 9.17) is 4.42 Å². The first kappa shape index (κ1) is 19.2. The van der Waals surface area contributed by atoms with Crippen molar-refractivity contribution in [2.24, 2.45) is 0 Å². The lowest BCUT2D eigenvalue weighted by Crippen LogP contribution is -2.24. The van der Waals surface area contributed by atoms with E-state index in [1.807, 2.05) is 42.5 Å². The van der Waals surface area contributed by atoms with Crippen LogP contribution in [0, 0.1) is 0 Å². The predicted molar refractivity (Wildman–Crippen MR) is 110 cm³/mol. The van der Waals surface area contributed by atoms with Crippen LogP contribution in [0.15, 0.2) is 53.1 Å². The summed E-state index contributed by atoms with van der Waals surface area (Å²) in [4.78, 5) is 17.4. The van der Waals surface area contributed by atoms with Crippen LogP contribution in [0.25, 0.3) is 22.4 Å². The van der Waals surface area contributed by atoms with Crippen LogP contribution in [-0.2, 0) is 0 Å². The molecule has 0 bridgehead atoms. The normalized spacial score (nSPS) is 11.0. The predicted octanol–water partition coefficient (Wildman–Crippen LogP) is 5.98. The van der Waals surface area contributed by atoms with Crippen molar-refractivity contribution < 1.29 is 9.21 Å². The number of benzene rings is 1. The Morgan fingerprint density at radius 1 is 1.00 bits per heavy atom. The molecule has 2 aromatic heterocycles. The molecule has 0 saturated heterocycles. The number of nitrogens with zero attached hydrogens (tertiary/aromatic N) is 1. The van der Waals surface area contributed by atoms with E-state index in [1.165, 1.54) is 38.5 Å². The van der Waals surface area contributed by atoms with Crippen LogP contribution in [0.4, 0.5) is 0 Å². The molecule has 1 aromatic carbocycles. The van der Waals surface area contributed by atoms with Gasteiger partial charge in [0.25, 0.3) is 5.91 Å². The molecule has 0 aliphatic heterocycles. The van der Waals surface area contributed by atoms with Crippen molar-refractivity contribution in [3.8, 4) is 11.5 Å². The molecule has 27 heavy (non-hydrogen) atoms. The van der Waals surface area contributed by atoms with Gasteiger partial charge >= 0.3 is 0 Å².